The van der Waals surface area contributed by atoms with Crippen molar-refractivity contribution in [2.24, 2.45) is 0 Å². The van der Waals surface area contributed by atoms with Crippen LogP contribution >= 0.6 is 0 Å². The first-order chi connectivity index (χ1) is 13.8. The van der Waals surface area contributed by atoms with Gasteiger partial charge in [0.25, 0.3) is 11.8 Å². The summed E-state index contributed by atoms with van der Waals surface area (Å²) in [4.78, 5) is 24.2. The average Bonchev–Trinajstić information content (AvgIpc) is 3.16. The lowest BCUT2D eigenvalue weighted by Crippen LogP contribution is -2.40. The van der Waals surface area contributed by atoms with E-state index in [1.54, 1.807) is 42.8 Å². The van der Waals surface area contributed by atoms with Crippen molar-refractivity contribution in [2.75, 3.05) is 0 Å². The van der Waals surface area contributed by atoms with E-state index in [0.29, 0.717) is 28.5 Å². The molecule has 3 aromatic rings. The van der Waals surface area contributed by atoms with E-state index in [2.05, 4.69) is 16.0 Å². The van der Waals surface area contributed by atoms with Gasteiger partial charge in [-0.1, -0.05) is 0 Å². The van der Waals surface area contributed by atoms with Gasteiger partial charge in [0.15, 0.2) is 0 Å². The first-order valence-corrected chi connectivity index (χ1v) is 8.94. The van der Waals surface area contributed by atoms with Gasteiger partial charge in [0.05, 0.1) is 16.9 Å². The molecule has 7 nitrogen and oxygen atoms in total. The number of benzene rings is 1. The second-order valence-electron chi connectivity index (χ2n) is 6.58. The van der Waals surface area contributed by atoms with Gasteiger partial charge in [-0.2, -0.15) is 5.10 Å². The summed E-state index contributed by atoms with van der Waals surface area (Å²) in [6.45, 7) is 7.08. The number of carbonyl (C=O) groups is 2. The van der Waals surface area contributed by atoms with Gasteiger partial charge in [-0.3, -0.25) is 20.4 Å². The second-order valence-corrected chi connectivity index (χ2v) is 6.58. The smallest absolute Gasteiger partial charge is 0.273 e. The van der Waals surface area contributed by atoms with E-state index in [-0.39, 0.29) is 5.82 Å². The number of aromatic nitrogens is 2. The molecule has 2 aromatic heterocycles. The third-order valence-corrected chi connectivity index (χ3v) is 4.40. The average molecular weight is 396 g/mol. The molecular weight excluding hydrogens is 375 g/mol. The maximum Gasteiger partial charge on any atom is 0.273 e. The highest BCUT2D eigenvalue weighted by atomic mass is 19.1. The highest BCUT2D eigenvalue weighted by Gasteiger charge is 2.14. The molecule has 0 atom stereocenters. The minimum Gasteiger partial charge on any atom is -0.466 e. The van der Waals surface area contributed by atoms with Crippen LogP contribution in [0.1, 0.15) is 38.8 Å². The molecule has 150 valence electrons. The van der Waals surface area contributed by atoms with Crippen molar-refractivity contribution < 1.29 is 18.4 Å². The molecule has 0 bridgehead atoms. The molecule has 2 heterocycles. The van der Waals surface area contributed by atoms with Crippen molar-refractivity contribution in [3.8, 4) is 5.69 Å². The van der Waals surface area contributed by atoms with Crippen LogP contribution in [0.4, 0.5) is 4.39 Å². The quantitative estimate of drug-likeness (QED) is 0.523. The van der Waals surface area contributed by atoms with E-state index in [9.17, 15) is 14.0 Å². The zero-order valence-corrected chi connectivity index (χ0v) is 16.5. The van der Waals surface area contributed by atoms with Crippen LogP contribution in [0.5, 0.6) is 0 Å². The van der Waals surface area contributed by atoms with Gasteiger partial charge in [-0.05, 0) is 64.1 Å². The van der Waals surface area contributed by atoms with E-state index in [0.717, 1.165) is 11.3 Å². The summed E-state index contributed by atoms with van der Waals surface area (Å²) >= 11 is 0. The summed E-state index contributed by atoms with van der Waals surface area (Å²) in [5.74, 6) is -0.190. The van der Waals surface area contributed by atoms with Crippen molar-refractivity contribution in [3.63, 3.8) is 0 Å². The molecule has 0 unspecified atom stereocenters. The lowest BCUT2D eigenvalue weighted by Gasteiger charge is -2.05. The van der Waals surface area contributed by atoms with E-state index in [1.165, 1.54) is 18.2 Å². The zero-order chi connectivity index (χ0) is 21.1. The number of nitrogens with zero attached hydrogens (tertiary/aromatic N) is 2. The van der Waals surface area contributed by atoms with Crippen LogP contribution in [-0.2, 0) is 4.79 Å². The fourth-order valence-corrected chi connectivity index (χ4v) is 2.97. The lowest BCUT2D eigenvalue weighted by atomic mass is 10.2. The number of hydrazine groups is 1. The third-order valence-electron chi connectivity index (χ3n) is 4.40. The molecule has 1 aromatic carbocycles. The summed E-state index contributed by atoms with van der Waals surface area (Å²) in [5, 5.41) is 4.45. The van der Waals surface area contributed by atoms with Crippen molar-refractivity contribution >= 4 is 17.9 Å². The maximum atomic E-state index is 13.1. The number of hydrogen-bond acceptors (Lipinski definition) is 4. The fraction of sp³-hybridized carbons (Fsp3) is 0.190. The van der Waals surface area contributed by atoms with Crippen LogP contribution in [0.3, 0.4) is 0 Å². The minimum atomic E-state index is -0.496. The topological polar surface area (TPSA) is 89.2 Å². The van der Waals surface area contributed by atoms with Crippen LogP contribution < -0.4 is 10.9 Å². The van der Waals surface area contributed by atoms with E-state index >= 15 is 0 Å². The standard InChI is InChI=1S/C21H21FN4O3/c1-12-11-19(15(4)29-12)21(28)24-23-20(27)10-9-18-13(2)25-26(14(18)3)17-7-5-16(22)6-8-17/h5-11H,1-4H3,(H,23,27)(H,24,28)/b10-9+. The molecule has 0 radical (unpaired) electrons. The Bertz CT molecular complexity index is 1090. The number of hydrogen-bond donors (Lipinski definition) is 2. The molecule has 2 amide bonds. The second kappa shape index (κ2) is 8.14. The molecular formula is C21H21FN4O3. The van der Waals surface area contributed by atoms with Gasteiger partial charge in [0, 0.05) is 17.3 Å². The molecule has 0 saturated heterocycles. The van der Waals surface area contributed by atoms with Gasteiger partial charge >= 0.3 is 0 Å². The van der Waals surface area contributed by atoms with Crippen molar-refractivity contribution in [3.05, 3.63) is 76.3 Å². The normalized spacial score (nSPS) is 11.1. The Balaban J connectivity index is 1.68. The highest BCUT2D eigenvalue weighted by molar-refractivity contribution is 5.98. The number of furan rings is 1. The summed E-state index contributed by atoms with van der Waals surface area (Å²) < 4.78 is 20.1. The van der Waals surface area contributed by atoms with Crippen molar-refractivity contribution in [1.82, 2.24) is 20.6 Å². The first kappa shape index (κ1) is 20.1. The third kappa shape index (κ3) is 4.43. The largest absolute Gasteiger partial charge is 0.466 e. The molecule has 2 N–H and O–H groups in total. The Hall–Kier alpha value is -3.68. The SMILES string of the molecule is Cc1cc(C(=O)NNC(=O)/C=C/c2c(C)nn(-c3ccc(F)cc3)c2C)c(C)o1. The van der Waals surface area contributed by atoms with Gasteiger partial charge in [0.1, 0.15) is 17.3 Å². The van der Waals surface area contributed by atoms with Gasteiger partial charge < -0.3 is 4.42 Å². The van der Waals surface area contributed by atoms with E-state index in [4.69, 9.17) is 4.42 Å². The summed E-state index contributed by atoms with van der Waals surface area (Å²) in [5.41, 5.74) is 8.03. The predicted octanol–water partition coefficient (Wildman–Crippen LogP) is 3.31. The van der Waals surface area contributed by atoms with Crippen molar-refractivity contribution in [2.45, 2.75) is 27.7 Å². The zero-order valence-electron chi connectivity index (χ0n) is 16.5. The highest BCUT2D eigenvalue weighted by Crippen LogP contribution is 2.19. The summed E-state index contributed by atoms with van der Waals surface area (Å²) in [6.07, 6.45) is 2.92. The van der Waals surface area contributed by atoms with E-state index in [1.807, 2.05) is 13.8 Å². The maximum absolute atomic E-state index is 13.1. The predicted molar refractivity (Wildman–Crippen MR) is 106 cm³/mol. The minimum absolute atomic E-state index is 0.324. The van der Waals surface area contributed by atoms with Crippen LogP contribution in [0, 0.1) is 33.5 Å². The summed E-state index contributed by atoms with van der Waals surface area (Å²) in [7, 11) is 0. The molecule has 29 heavy (non-hydrogen) atoms. The Morgan fingerprint density at radius 3 is 2.41 bits per heavy atom. The number of aryl methyl sites for hydroxylation is 3. The Morgan fingerprint density at radius 2 is 1.79 bits per heavy atom. The van der Waals surface area contributed by atoms with Crippen LogP contribution in [0.2, 0.25) is 0 Å². The lowest BCUT2D eigenvalue weighted by molar-refractivity contribution is -0.117. The van der Waals surface area contributed by atoms with Gasteiger partial charge in [-0.15, -0.1) is 0 Å². The monoisotopic (exact) mass is 396 g/mol. The molecule has 8 heteroatoms. The number of halogens is 1. The number of amides is 2. The number of rotatable bonds is 4. The Kier molecular flexibility index (Phi) is 5.63. The molecule has 0 saturated carbocycles. The Labute approximate surface area is 167 Å². The first-order valence-electron chi connectivity index (χ1n) is 8.94. The van der Waals surface area contributed by atoms with Crippen molar-refractivity contribution in [1.29, 1.82) is 0 Å². The molecule has 3 rings (SSSR count). The molecule has 0 aliphatic carbocycles. The molecule has 0 fully saturated rings. The molecule has 0 aliphatic rings. The number of carbonyl (C=O) groups excluding carboxylic acids is 2. The summed E-state index contributed by atoms with van der Waals surface area (Å²) in [6, 6.07) is 7.58. The van der Waals surface area contributed by atoms with Crippen LogP contribution in [0.25, 0.3) is 11.8 Å². The molecule has 0 spiro atoms. The fourth-order valence-electron chi connectivity index (χ4n) is 2.97. The van der Waals surface area contributed by atoms with E-state index < -0.39 is 11.8 Å². The van der Waals surface area contributed by atoms with Crippen LogP contribution in [0.15, 0.2) is 40.8 Å². The number of nitrogens with one attached hydrogen (secondary N) is 2. The van der Waals surface area contributed by atoms with Crippen LogP contribution in [-0.4, -0.2) is 21.6 Å². The Morgan fingerprint density at radius 1 is 1.10 bits per heavy atom. The molecule has 0 aliphatic heterocycles. The van der Waals surface area contributed by atoms with Gasteiger partial charge in [0.2, 0.25) is 0 Å². The van der Waals surface area contributed by atoms with Gasteiger partial charge in [-0.25, -0.2) is 9.07 Å².